The van der Waals surface area contributed by atoms with Crippen LogP contribution in [0.2, 0.25) is 0 Å². The Hall–Kier alpha value is -1.06. The summed E-state index contributed by atoms with van der Waals surface area (Å²) in [7, 11) is 0. The summed E-state index contributed by atoms with van der Waals surface area (Å²) in [4.78, 5) is 0. The van der Waals surface area contributed by atoms with Gasteiger partial charge in [0.05, 0.1) is 11.4 Å². The minimum atomic E-state index is 0.181. The molecule has 1 fully saturated rings. The Labute approximate surface area is 84.3 Å². The van der Waals surface area contributed by atoms with Crippen molar-refractivity contribution >= 4 is 11.4 Å². The molecule has 4 heteroatoms. The Balaban J connectivity index is 2.85. The quantitative estimate of drug-likeness (QED) is 0.501. The van der Waals surface area contributed by atoms with Gasteiger partial charge >= 0.3 is 0 Å². The molecule has 0 saturated heterocycles. The van der Waals surface area contributed by atoms with Gasteiger partial charge in [0, 0.05) is 11.8 Å². The Morgan fingerprint density at radius 1 is 1.14 bits per heavy atom. The van der Waals surface area contributed by atoms with Gasteiger partial charge < -0.3 is 10.4 Å². The third-order valence-electron chi connectivity index (χ3n) is 3.00. The number of rotatable bonds is 1. The highest BCUT2D eigenvalue weighted by atomic mass is 16.4. The van der Waals surface area contributed by atoms with Crippen molar-refractivity contribution in [1.82, 2.24) is 0 Å². The lowest BCUT2D eigenvalue weighted by Gasteiger charge is -2.30. The number of nitrogens with zero attached hydrogens (tertiary/aromatic N) is 2. The highest BCUT2D eigenvalue weighted by molar-refractivity contribution is 6.00. The summed E-state index contributed by atoms with van der Waals surface area (Å²) in [5.41, 5.74) is 1.65. The Kier molecular flexibility index (Phi) is 3.49. The third kappa shape index (κ3) is 2.05. The van der Waals surface area contributed by atoms with E-state index in [0.717, 1.165) is 11.4 Å². The normalized spacial score (nSPS) is 34.3. The van der Waals surface area contributed by atoms with Crippen LogP contribution < -0.4 is 0 Å². The summed E-state index contributed by atoms with van der Waals surface area (Å²) < 4.78 is 0. The molecule has 0 aromatic heterocycles. The van der Waals surface area contributed by atoms with Crippen LogP contribution in [-0.2, 0) is 0 Å². The van der Waals surface area contributed by atoms with Crippen LogP contribution in [-0.4, -0.2) is 21.8 Å². The molecule has 0 amide bonds. The Bertz CT molecular complexity index is 259. The number of hydrogen-bond acceptors (Lipinski definition) is 4. The van der Waals surface area contributed by atoms with E-state index in [1.165, 1.54) is 0 Å². The van der Waals surface area contributed by atoms with E-state index in [4.69, 9.17) is 10.4 Å². The van der Waals surface area contributed by atoms with E-state index in [9.17, 15) is 0 Å². The summed E-state index contributed by atoms with van der Waals surface area (Å²) in [6.07, 6.45) is 1.40. The first-order valence-corrected chi connectivity index (χ1v) is 5.01. The topological polar surface area (TPSA) is 65.2 Å². The minimum absolute atomic E-state index is 0.181. The van der Waals surface area contributed by atoms with E-state index >= 15 is 0 Å². The molecule has 1 rings (SSSR count). The van der Waals surface area contributed by atoms with E-state index in [0.29, 0.717) is 18.8 Å². The largest absolute Gasteiger partial charge is 0.411 e. The Morgan fingerprint density at radius 3 is 2.14 bits per heavy atom. The second-order valence-electron chi connectivity index (χ2n) is 4.34. The predicted molar refractivity (Wildman–Crippen MR) is 55.2 cm³/mol. The molecule has 2 N–H and O–H groups in total. The maximum absolute atomic E-state index is 8.87. The molecule has 1 aliphatic carbocycles. The SMILES string of the molecule is CC1C/C(=N/O)C(C(C)C)C/C1=N/O. The van der Waals surface area contributed by atoms with E-state index in [2.05, 4.69) is 24.2 Å². The number of hydrogen-bond donors (Lipinski definition) is 2. The molecule has 0 spiro atoms. The summed E-state index contributed by atoms with van der Waals surface area (Å²) >= 11 is 0. The van der Waals surface area contributed by atoms with Gasteiger partial charge in [-0.25, -0.2) is 0 Å². The van der Waals surface area contributed by atoms with Gasteiger partial charge in [-0.15, -0.1) is 0 Å². The van der Waals surface area contributed by atoms with Crippen LogP contribution in [0.4, 0.5) is 0 Å². The van der Waals surface area contributed by atoms with Gasteiger partial charge in [-0.1, -0.05) is 31.1 Å². The van der Waals surface area contributed by atoms with Crippen LogP contribution in [0.5, 0.6) is 0 Å². The van der Waals surface area contributed by atoms with E-state index in [1.54, 1.807) is 0 Å². The van der Waals surface area contributed by atoms with Gasteiger partial charge in [-0.05, 0) is 18.8 Å². The van der Waals surface area contributed by atoms with Crippen LogP contribution in [0.1, 0.15) is 33.6 Å². The molecule has 0 heterocycles. The second kappa shape index (κ2) is 4.44. The lowest BCUT2D eigenvalue weighted by Crippen LogP contribution is -2.34. The van der Waals surface area contributed by atoms with Gasteiger partial charge in [0.2, 0.25) is 0 Å². The summed E-state index contributed by atoms with van der Waals surface area (Å²) in [6.45, 7) is 6.15. The van der Waals surface area contributed by atoms with Crippen LogP contribution in [0.3, 0.4) is 0 Å². The van der Waals surface area contributed by atoms with Crippen molar-refractivity contribution in [3.8, 4) is 0 Å². The van der Waals surface area contributed by atoms with Gasteiger partial charge in [-0.2, -0.15) is 0 Å². The smallest absolute Gasteiger partial charge is 0.0614 e. The first kappa shape index (κ1) is 11.0. The van der Waals surface area contributed by atoms with E-state index in [-0.39, 0.29) is 11.8 Å². The summed E-state index contributed by atoms with van der Waals surface area (Å²) in [6, 6.07) is 0. The molecule has 1 aliphatic rings. The van der Waals surface area contributed by atoms with Crippen molar-refractivity contribution in [2.75, 3.05) is 0 Å². The molecule has 0 aromatic rings. The van der Waals surface area contributed by atoms with Gasteiger partial charge in [0.25, 0.3) is 0 Å². The molecule has 2 atom stereocenters. The van der Waals surface area contributed by atoms with Gasteiger partial charge in [0.15, 0.2) is 0 Å². The summed E-state index contributed by atoms with van der Waals surface area (Å²) in [5.74, 6) is 0.799. The molecule has 0 aliphatic heterocycles. The van der Waals surface area contributed by atoms with Crippen molar-refractivity contribution in [1.29, 1.82) is 0 Å². The molecular formula is C10H18N2O2. The van der Waals surface area contributed by atoms with Crippen molar-refractivity contribution < 1.29 is 10.4 Å². The molecule has 14 heavy (non-hydrogen) atoms. The minimum Gasteiger partial charge on any atom is -0.411 e. The highest BCUT2D eigenvalue weighted by Gasteiger charge is 2.31. The lowest BCUT2D eigenvalue weighted by atomic mass is 9.75. The van der Waals surface area contributed by atoms with Crippen LogP contribution >= 0.6 is 0 Å². The van der Waals surface area contributed by atoms with E-state index in [1.807, 2.05) is 6.92 Å². The zero-order valence-corrected chi connectivity index (χ0v) is 8.94. The molecule has 1 saturated carbocycles. The fourth-order valence-corrected chi connectivity index (χ4v) is 2.00. The molecular weight excluding hydrogens is 180 g/mol. The summed E-state index contributed by atoms with van der Waals surface area (Å²) in [5, 5.41) is 24.3. The molecule has 0 radical (unpaired) electrons. The third-order valence-corrected chi connectivity index (χ3v) is 3.00. The zero-order valence-electron chi connectivity index (χ0n) is 8.94. The lowest BCUT2D eigenvalue weighted by molar-refractivity contribution is 0.298. The maximum Gasteiger partial charge on any atom is 0.0614 e. The Morgan fingerprint density at radius 2 is 1.71 bits per heavy atom. The fraction of sp³-hybridized carbons (Fsp3) is 0.800. The monoisotopic (exact) mass is 198 g/mol. The molecule has 4 nitrogen and oxygen atoms in total. The van der Waals surface area contributed by atoms with Crippen molar-refractivity contribution in [3.63, 3.8) is 0 Å². The first-order valence-electron chi connectivity index (χ1n) is 5.01. The van der Waals surface area contributed by atoms with Gasteiger partial charge in [0.1, 0.15) is 0 Å². The number of oxime groups is 2. The fourth-order valence-electron chi connectivity index (χ4n) is 2.00. The van der Waals surface area contributed by atoms with Crippen LogP contribution in [0.25, 0.3) is 0 Å². The predicted octanol–water partition coefficient (Wildman–Crippen LogP) is 2.35. The maximum atomic E-state index is 8.87. The van der Waals surface area contributed by atoms with Crippen molar-refractivity contribution in [2.24, 2.45) is 28.1 Å². The highest BCUT2D eigenvalue weighted by Crippen LogP contribution is 2.29. The van der Waals surface area contributed by atoms with Crippen LogP contribution in [0, 0.1) is 17.8 Å². The van der Waals surface area contributed by atoms with Crippen LogP contribution in [0.15, 0.2) is 10.3 Å². The zero-order chi connectivity index (χ0) is 10.7. The molecule has 2 unspecified atom stereocenters. The molecule has 80 valence electrons. The molecule has 0 bridgehead atoms. The van der Waals surface area contributed by atoms with Crippen molar-refractivity contribution in [3.05, 3.63) is 0 Å². The van der Waals surface area contributed by atoms with E-state index < -0.39 is 0 Å². The standard InChI is InChI=1S/C10H18N2O2/c1-6(2)8-5-9(11-13)7(3)4-10(8)12-14/h6-8,13-14H,4-5H2,1-3H3/b11-9-,12-10-. The average molecular weight is 198 g/mol. The molecule has 0 aromatic carbocycles. The average Bonchev–Trinajstić information content (AvgIpc) is 2.16. The second-order valence-corrected chi connectivity index (χ2v) is 4.34. The van der Waals surface area contributed by atoms with Crippen molar-refractivity contribution in [2.45, 2.75) is 33.6 Å². The van der Waals surface area contributed by atoms with Gasteiger partial charge in [-0.3, -0.25) is 0 Å². The first-order chi connectivity index (χ1) is 6.60.